The lowest BCUT2D eigenvalue weighted by Gasteiger charge is -2.21. The molecule has 3 aromatic rings. The van der Waals surface area contributed by atoms with E-state index in [9.17, 15) is 15.0 Å². The Morgan fingerprint density at radius 2 is 1.92 bits per heavy atom. The minimum Gasteiger partial charge on any atom is -0.490 e. The predicted octanol–water partition coefficient (Wildman–Crippen LogP) is 3.97. The summed E-state index contributed by atoms with van der Waals surface area (Å²) in [6, 6.07) is 7.89. The van der Waals surface area contributed by atoms with Crippen LogP contribution < -0.4 is 9.64 Å². The molecule has 1 aliphatic rings. The van der Waals surface area contributed by atoms with Crippen LogP contribution in [0.25, 0.3) is 22.8 Å². The van der Waals surface area contributed by atoms with Crippen LogP contribution in [0.5, 0.6) is 5.75 Å². The predicted molar refractivity (Wildman–Crippen MR) is 149 cm³/mol. The molecule has 1 aromatic carbocycles. The molecule has 1 aliphatic heterocycles. The molecular formula is C29H39N5O5. The van der Waals surface area contributed by atoms with Gasteiger partial charge >= 0.3 is 5.97 Å². The summed E-state index contributed by atoms with van der Waals surface area (Å²) in [4.78, 5) is 24.7. The van der Waals surface area contributed by atoms with E-state index in [4.69, 9.17) is 9.26 Å². The second-order valence-electron chi connectivity index (χ2n) is 10.1. The molecule has 10 nitrogen and oxygen atoms in total. The normalized spacial score (nSPS) is 16.4. The van der Waals surface area contributed by atoms with Gasteiger partial charge in [-0.15, -0.1) is 0 Å². The van der Waals surface area contributed by atoms with Crippen molar-refractivity contribution < 1.29 is 24.3 Å². The summed E-state index contributed by atoms with van der Waals surface area (Å²) < 4.78 is 11.7. The number of aryl methyl sites for hydroxylation is 3. The van der Waals surface area contributed by atoms with E-state index < -0.39 is 12.1 Å². The minimum absolute atomic E-state index is 0.129. The molecule has 1 saturated heterocycles. The van der Waals surface area contributed by atoms with E-state index in [1.165, 1.54) is 0 Å². The van der Waals surface area contributed by atoms with Crippen LogP contribution in [0.1, 0.15) is 44.0 Å². The fraction of sp³-hybridized carbons (Fsp3) is 0.517. The van der Waals surface area contributed by atoms with Gasteiger partial charge in [0.25, 0.3) is 5.89 Å². The first-order valence-corrected chi connectivity index (χ1v) is 13.7. The fourth-order valence-corrected chi connectivity index (χ4v) is 5.12. The van der Waals surface area contributed by atoms with Gasteiger partial charge in [0.05, 0.1) is 5.92 Å². The Bertz CT molecular complexity index is 1290. The first kappa shape index (κ1) is 28.5. The number of rotatable bonds is 12. The van der Waals surface area contributed by atoms with E-state index in [2.05, 4.69) is 33.9 Å². The van der Waals surface area contributed by atoms with Gasteiger partial charge in [-0.3, -0.25) is 9.69 Å². The second-order valence-corrected chi connectivity index (χ2v) is 10.1. The zero-order valence-corrected chi connectivity index (χ0v) is 23.5. The molecule has 0 amide bonds. The maximum atomic E-state index is 11.2. The Labute approximate surface area is 229 Å². The van der Waals surface area contributed by atoms with E-state index in [-0.39, 0.29) is 12.5 Å². The van der Waals surface area contributed by atoms with E-state index in [0.717, 1.165) is 59.0 Å². The van der Waals surface area contributed by atoms with Crippen LogP contribution in [0.15, 0.2) is 28.8 Å². The number of aliphatic hydroxyl groups is 1. The quantitative estimate of drug-likeness (QED) is 0.351. The molecule has 4 rings (SSSR count). The number of pyridine rings is 1. The number of carboxylic acid groups (broad SMARTS) is 1. The Morgan fingerprint density at radius 3 is 2.59 bits per heavy atom. The average molecular weight is 538 g/mol. The molecule has 0 saturated carbocycles. The monoisotopic (exact) mass is 537 g/mol. The molecule has 3 heterocycles. The van der Waals surface area contributed by atoms with E-state index in [0.29, 0.717) is 37.8 Å². The topological polar surface area (TPSA) is 125 Å². The van der Waals surface area contributed by atoms with Gasteiger partial charge in [-0.2, -0.15) is 4.98 Å². The van der Waals surface area contributed by atoms with Crippen molar-refractivity contribution in [3.63, 3.8) is 0 Å². The number of aliphatic hydroxyl groups excluding tert-OH is 1. The number of hydrogen-bond acceptors (Lipinski definition) is 9. The SMILES string of the molecule is CCc1cc(-c2noc(-c3cc(C)nc(N(CC)CC)c3)n2)cc(C)c1OC[C@@H](O)CN1CCC(C(=O)O)C1. The third-order valence-electron chi connectivity index (χ3n) is 7.20. The van der Waals surface area contributed by atoms with Crippen LogP contribution in [0, 0.1) is 19.8 Å². The van der Waals surface area contributed by atoms with Crippen LogP contribution in [0.3, 0.4) is 0 Å². The summed E-state index contributed by atoms with van der Waals surface area (Å²) in [6.45, 7) is 13.5. The second kappa shape index (κ2) is 12.6. The summed E-state index contributed by atoms with van der Waals surface area (Å²) in [5.74, 6) is 1.42. The van der Waals surface area contributed by atoms with Crippen LogP contribution in [-0.2, 0) is 11.2 Å². The molecule has 2 atom stereocenters. The minimum atomic E-state index is -0.777. The van der Waals surface area contributed by atoms with Gasteiger partial charge in [0.2, 0.25) is 5.82 Å². The van der Waals surface area contributed by atoms with Crippen molar-refractivity contribution >= 4 is 11.8 Å². The van der Waals surface area contributed by atoms with Gasteiger partial charge in [0.1, 0.15) is 24.3 Å². The highest BCUT2D eigenvalue weighted by atomic mass is 16.5. The Balaban J connectivity index is 1.47. The molecule has 2 N–H and O–H groups in total. The molecule has 210 valence electrons. The Morgan fingerprint density at radius 1 is 1.15 bits per heavy atom. The van der Waals surface area contributed by atoms with Crippen LogP contribution in [0.2, 0.25) is 0 Å². The lowest BCUT2D eigenvalue weighted by Crippen LogP contribution is -2.35. The van der Waals surface area contributed by atoms with Crippen LogP contribution in [0.4, 0.5) is 5.82 Å². The summed E-state index contributed by atoms with van der Waals surface area (Å²) in [5, 5.41) is 24.0. The average Bonchev–Trinajstić information content (AvgIpc) is 3.58. The number of aliphatic carboxylic acids is 1. The van der Waals surface area contributed by atoms with Gasteiger partial charge in [0, 0.05) is 43.0 Å². The first-order chi connectivity index (χ1) is 18.7. The number of nitrogens with zero attached hydrogens (tertiary/aromatic N) is 5. The van der Waals surface area contributed by atoms with E-state index in [1.54, 1.807) is 0 Å². The van der Waals surface area contributed by atoms with Gasteiger partial charge < -0.3 is 24.4 Å². The summed E-state index contributed by atoms with van der Waals surface area (Å²) >= 11 is 0. The van der Waals surface area contributed by atoms with E-state index >= 15 is 0 Å². The van der Waals surface area contributed by atoms with Gasteiger partial charge in [-0.1, -0.05) is 12.1 Å². The highest BCUT2D eigenvalue weighted by Gasteiger charge is 2.29. The van der Waals surface area contributed by atoms with Crippen molar-refractivity contribution in [1.82, 2.24) is 20.0 Å². The number of aromatic nitrogens is 3. The number of benzene rings is 1. The molecule has 39 heavy (non-hydrogen) atoms. The molecule has 0 bridgehead atoms. The summed E-state index contributed by atoms with van der Waals surface area (Å²) in [7, 11) is 0. The van der Waals surface area contributed by atoms with Crippen LogP contribution >= 0.6 is 0 Å². The first-order valence-electron chi connectivity index (χ1n) is 13.7. The summed E-state index contributed by atoms with van der Waals surface area (Å²) in [6.07, 6.45) is 0.624. The molecule has 10 heteroatoms. The van der Waals surface area contributed by atoms with Gasteiger partial charge in [0.15, 0.2) is 0 Å². The van der Waals surface area contributed by atoms with Crippen LogP contribution in [-0.4, -0.2) is 81.6 Å². The molecule has 0 spiro atoms. The maximum Gasteiger partial charge on any atom is 0.307 e. The van der Waals surface area contributed by atoms with Crippen molar-refractivity contribution in [1.29, 1.82) is 0 Å². The standard InChI is InChI=1S/C29H39N5O5/c1-6-20-13-22(11-18(4)26(20)38-17-24(35)16-33-10-9-21(15-33)29(36)37)27-31-28(39-32-27)23-12-19(5)30-25(14-23)34(7-2)8-3/h11-14,21,24,35H,6-10,15-17H2,1-5H3,(H,36,37)/t21?,24-/m0/s1. The third kappa shape index (κ3) is 6.75. The Kier molecular flexibility index (Phi) is 9.19. The molecule has 1 unspecified atom stereocenters. The highest BCUT2D eigenvalue weighted by Crippen LogP contribution is 2.32. The smallest absolute Gasteiger partial charge is 0.307 e. The van der Waals surface area contributed by atoms with E-state index in [1.807, 2.05) is 49.9 Å². The zero-order valence-electron chi connectivity index (χ0n) is 23.5. The number of likely N-dealkylation sites (tertiary alicyclic amines) is 1. The number of carbonyl (C=O) groups is 1. The number of carboxylic acids is 1. The lowest BCUT2D eigenvalue weighted by molar-refractivity contribution is -0.141. The largest absolute Gasteiger partial charge is 0.490 e. The molecular weight excluding hydrogens is 498 g/mol. The van der Waals surface area contributed by atoms with Crippen molar-refractivity contribution in [3.8, 4) is 28.6 Å². The number of anilines is 1. The fourth-order valence-electron chi connectivity index (χ4n) is 5.12. The van der Waals surface area contributed by atoms with Crippen molar-refractivity contribution in [2.45, 2.75) is 53.6 Å². The molecule has 0 radical (unpaired) electrons. The van der Waals surface area contributed by atoms with Gasteiger partial charge in [-0.05, 0) is 82.5 Å². The molecule has 2 aromatic heterocycles. The maximum absolute atomic E-state index is 11.2. The number of β-amino-alcohol motifs (C(OH)–C–C–N with tert-alkyl or cyclic N) is 1. The zero-order chi connectivity index (χ0) is 28.1. The number of ether oxygens (including phenoxy) is 1. The highest BCUT2D eigenvalue weighted by molar-refractivity contribution is 5.70. The molecule has 0 aliphatic carbocycles. The third-order valence-corrected chi connectivity index (χ3v) is 7.20. The van der Waals surface area contributed by atoms with Gasteiger partial charge in [-0.25, -0.2) is 4.98 Å². The summed E-state index contributed by atoms with van der Waals surface area (Å²) in [5.41, 5.74) is 4.45. The Hall–Kier alpha value is -3.50. The van der Waals surface area contributed by atoms with Crippen molar-refractivity contribution in [2.24, 2.45) is 5.92 Å². The molecule has 1 fully saturated rings. The van der Waals surface area contributed by atoms with Crippen molar-refractivity contribution in [3.05, 3.63) is 41.1 Å². The lowest BCUT2D eigenvalue weighted by atomic mass is 10.0. The van der Waals surface area contributed by atoms with Crippen molar-refractivity contribution in [2.75, 3.05) is 44.2 Å². The number of hydrogen-bond donors (Lipinski definition) is 2.